The molecule has 2 unspecified atom stereocenters. The van der Waals surface area contributed by atoms with Crippen LogP contribution < -0.4 is 0 Å². The van der Waals surface area contributed by atoms with Gasteiger partial charge in [0.2, 0.25) is 0 Å². The van der Waals surface area contributed by atoms with E-state index in [4.69, 9.17) is 33.2 Å². The Kier molecular flexibility index (Phi) is 7.76. The molecule has 0 amide bonds. The predicted octanol–water partition coefficient (Wildman–Crippen LogP) is 7.46. The zero-order valence-electron chi connectivity index (χ0n) is 18.0. The van der Waals surface area contributed by atoms with Crippen LogP contribution in [0.25, 0.3) is 0 Å². The summed E-state index contributed by atoms with van der Waals surface area (Å²) in [4.78, 5) is 10.2. The van der Waals surface area contributed by atoms with Crippen LogP contribution in [0.15, 0.2) is 58.5 Å². The quantitative estimate of drug-likeness (QED) is 0.421. The van der Waals surface area contributed by atoms with E-state index in [1.807, 2.05) is 42.4 Å². The molecule has 0 saturated carbocycles. The molecular formula is C25H29Cl2N3S. The van der Waals surface area contributed by atoms with Crippen molar-refractivity contribution >= 4 is 47.1 Å². The van der Waals surface area contributed by atoms with Crippen LogP contribution in [0.4, 0.5) is 0 Å². The molecule has 2 heterocycles. The van der Waals surface area contributed by atoms with Gasteiger partial charge in [0.1, 0.15) is 0 Å². The minimum absolute atomic E-state index is 0.0655. The van der Waals surface area contributed by atoms with E-state index >= 15 is 0 Å². The lowest BCUT2D eigenvalue weighted by atomic mass is 9.92. The van der Waals surface area contributed by atoms with Gasteiger partial charge in [0.05, 0.1) is 17.8 Å². The molecule has 0 spiro atoms. The van der Waals surface area contributed by atoms with Crippen LogP contribution in [-0.2, 0) is 0 Å². The Morgan fingerprint density at radius 2 is 1.42 bits per heavy atom. The second kappa shape index (κ2) is 10.5. The number of halogens is 2. The van der Waals surface area contributed by atoms with Crippen molar-refractivity contribution in [2.75, 3.05) is 13.1 Å². The van der Waals surface area contributed by atoms with Crippen molar-refractivity contribution in [2.24, 2.45) is 15.9 Å². The molecule has 1 fully saturated rings. The van der Waals surface area contributed by atoms with E-state index in [1.54, 1.807) is 0 Å². The lowest BCUT2D eigenvalue weighted by molar-refractivity contribution is 0.342. The molecule has 0 aliphatic carbocycles. The maximum absolute atomic E-state index is 6.14. The van der Waals surface area contributed by atoms with E-state index in [-0.39, 0.29) is 12.1 Å². The van der Waals surface area contributed by atoms with E-state index in [0.717, 1.165) is 48.1 Å². The third kappa shape index (κ3) is 6.13. The van der Waals surface area contributed by atoms with Crippen molar-refractivity contribution in [3.63, 3.8) is 0 Å². The summed E-state index contributed by atoms with van der Waals surface area (Å²) in [7, 11) is 0. The Balaban J connectivity index is 1.58. The van der Waals surface area contributed by atoms with Crippen LogP contribution in [0.2, 0.25) is 10.0 Å². The monoisotopic (exact) mass is 473 g/mol. The van der Waals surface area contributed by atoms with Crippen molar-refractivity contribution in [2.45, 2.75) is 50.4 Å². The second-order valence-electron chi connectivity index (χ2n) is 8.56. The minimum Gasteiger partial charge on any atom is -0.283 e. The summed E-state index contributed by atoms with van der Waals surface area (Å²) in [5.74, 6) is 0.464. The molecule has 31 heavy (non-hydrogen) atoms. The van der Waals surface area contributed by atoms with Gasteiger partial charge in [-0.05, 0) is 48.2 Å². The summed E-state index contributed by atoms with van der Waals surface area (Å²) >= 11 is 14.2. The summed E-state index contributed by atoms with van der Waals surface area (Å²) in [5, 5.41) is 2.13. The third-order valence-electron chi connectivity index (χ3n) is 5.88. The van der Waals surface area contributed by atoms with E-state index < -0.39 is 0 Å². The molecular weight excluding hydrogens is 445 g/mol. The van der Waals surface area contributed by atoms with Crippen LogP contribution in [0, 0.1) is 5.92 Å². The van der Waals surface area contributed by atoms with Gasteiger partial charge in [0.15, 0.2) is 0 Å². The molecule has 1 saturated heterocycles. The average molecular weight is 475 g/mol. The third-order valence-corrected chi connectivity index (χ3v) is 7.47. The molecule has 2 aliphatic heterocycles. The first-order valence-electron chi connectivity index (χ1n) is 11.0. The van der Waals surface area contributed by atoms with Crippen molar-refractivity contribution < 1.29 is 0 Å². The first-order valence-corrected chi connectivity index (χ1v) is 12.6. The van der Waals surface area contributed by atoms with Crippen molar-refractivity contribution in [1.29, 1.82) is 0 Å². The summed E-state index contributed by atoms with van der Waals surface area (Å²) in [6.45, 7) is 6.72. The molecule has 4 rings (SSSR count). The van der Waals surface area contributed by atoms with Crippen molar-refractivity contribution in [3.8, 4) is 0 Å². The zero-order valence-corrected chi connectivity index (χ0v) is 20.4. The van der Waals surface area contributed by atoms with Gasteiger partial charge in [-0.1, -0.05) is 73.3 Å². The first-order chi connectivity index (χ1) is 15.0. The fraction of sp³-hybridized carbons (Fsp3) is 0.440. The van der Waals surface area contributed by atoms with Crippen LogP contribution >= 0.6 is 35.1 Å². The van der Waals surface area contributed by atoms with Crippen LogP contribution in [0.5, 0.6) is 0 Å². The molecule has 0 bridgehead atoms. The van der Waals surface area contributed by atoms with E-state index in [0.29, 0.717) is 11.2 Å². The SMILES string of the molecule is CC(C)SN1CCC(C2=NC(c3ccc(Cl)cc3)CC(c3ccc(Cl)cc3)N=C2)CC1. The normalized spacial score (nSPS) is 23.1. The lowest BCUT2D eigenvalue weighted by Crippen LogP contribution is -2.33. The number of hydrogen-bond acceptors (Lipinski definition) is 4. The van der Waals surface area contributed by atoms with Gasteiger partial charge in [-0.15, -0.1) is 0 Å². The number of nitrogens with zero attached hydrogens (tertiary/aromatic N) is 3. The van der Waals surface area contributed by atoms with Gasteiger partial charge in [-0.3, -0.25) is 14.3 Å². The largest absolute Gasteiger partial charge is 0.283 e. The van der Waals surface area contributed by atoms with Gasteiger partial charge in [0.25, 0.3) is 0 Å². The smallest absolute Gasteiger partial charge is 0.0776 e. The highest BCUT2D eigenvalue weighted by Crippen LogP contribution is 2.36. The highest BCUT2D eigenvalue weighted by Gasteiger charge is 2.28. The van der Waals surface area contributed by atoms with Gasteiger partial charge in [0, 0.05) is 46.9 Å². The highest BCUT2D eigenvalue weighted by molar-refractivity contribution is 7.97. The maximum Gasteiger partial charge on any atom is 0.0776 e. The predicted molar refractivity (Wildman–Crippen MR) is 136 cm³/mol. The fourth-order valence-electron chi connectivity index (χ4n) is 4.27. The minimum atomic E-state index is 0.0655. The van der Waals surface area contributed by atoms with E-state index in [1.165, 1.54) is 11.1 Å². The number of benzene rings is 2. The molecule has 2 atom stereocenters. The Morgan fingerprint density at radius 1 is 0.871 bits per heavy atom. The fourth-order valence-corrected chi connectivity index (χ4v) is 5.54. The number of piperidine rings is 1. The molecule has 3 nitrogen and oxygen atoms in total. The van der Waals surface area contributed by atoms with Gasteiger partial charge in [-0.25, -0.2) is 0 Å². The summed E-state index contributed by atoms with van der Waals surface area (Å²) in [6.07, 6.45) is 5.14. The Hall–Kier alpha value is -1.33. The molecule has 164 valence electrons. The number of hydrogen-bond donors (Lipinski definition) is 0. The highest BCUT2D eigenvalue weighted by atomic mass is 35.5. The molecule has 0 N–H and O–H groups in total. The Labute approximate surface area is 200 Å². The summed E-state index contributed by atoms with van der Waals surface area (Å²) in [5.41, 5.74) is 3.52. The van der Waals surface area contributed by atoms with Gasteiger partial charge < -0.3 is 0 Å². The maximum atomic E-state index is 6.14. The van der Waals surface area contributed by atoms with Crippen molar-refractivity contribution in [1.82, 2.24) is 4.31 Å². The van der Waals surface area contributed by atoms with E-state index in [2.05, 4.69) is 42.4 Å². The molecule has 0 aromatic heterocycles. The summed E-state index contributed by atoms with van der Waals surface area (Å²) < 4.78 is 2.50. The number of aliphatic imine (C=N–C) groups is 2. The first kappa shape index (κ1) is 22.8. The number of rotatable bonds is 5. The Bertz CT molecular complexity index is 917. The molecule has 2 aromatic rings. The molecule has 2 aliphatic rings. The average Bonchev–Trinajstić information content (AvgIpc) is 2.98. The van der Waals surface area contributed by atoms with Crippen molar-refractivity contribution in [3.05, 3.63) is 69.7 Å². The topological polar surface area (TPSA) is 28.0 Å². The van der Waals surface area contributed by atoms with Crippen LogP contribution in [0.3, 0.4) is 0 Å². The zero-order chi connectivity index (χ0) is 21.8. The molecule has 6 heteroatoms. The second-order valence-corrected chi connectivity index (χ2v) is 11.1. The van der Waals surface area contributed by atoms with Crippen LogP contribution in [0.1, 0.15) is 56.3 Å². The van der Waals surface area contributed by atoms with Gasteiger partial charge in [-0.2, -0.15) is 0 Å². The molecule has 2 aromatic carbocycles. The van der Waals surface area contributed by atoms with Gasteiger partial charge >= 0.3 is 0 Å². The lowest BCUT2D eigenvalue weighted by Gasteiger charge is -2.32. The standard InChI is InChI=1S/C25H29Cl2N3S/c1-17(2)31-30-13-11-20(12-14-30)25-16-28-23(18-3-7-21(26)8-4-18)15-24(29-25)19-5-9-22(27)10-6-19/h3-10,16-17,20,23-24H,11-15H2,1-2H3. The molecule has 0 radical (unpaired) electrons. The Morgan fingerprint density at radius 3 is 1.97 bits per heavy atom. The summed E-state index contributed by atoms with van der Waals surface area (Å²) in [6, 6.07) is 16.3. The van der Waals surface area contributed by atoms with E-state index in [9.17, 15) is 0 Å². The van der Waals surface area contributed by atoms with Crippen LogP contribution in [-0.4, -0.2) is 34.6 Å².